The highest BCUT2D eigenvalue weighted by atomic mass is 19.1. The van der Waals surface area contributed by atoms with Crippen LogP contribution in [-0.2, 0) is 11.2 Å². The number of halogens is 2. The molecular weight excluding hydrogens is 252 g/mol. The monoisotopic (exact) mass is 265 g/mol. The van der Waals surface area contributed by atoms with Gasteiger partial charge in [-0.1, -0.05) is 6.07 Å². The van der Waals surface area contributed by atoms with Gasteiger partial charge < -0.3 is 5.32 Å². The number of benzene rings is 1. The SMILES string of the molecule is CC(NC(=O)Cc1c(F)cccc1F)c1cn[nH]c1. The van der Waals surface area contributed by atoms with Gasteiger partial charge in [-0.2, -0.15) is 5.10 Å². The van der Waals surface area contributed by atoms with E-state index in [1.807, 2.05) is 0 Å². The molecule has 1 aromatic heterocycles. The summed E-state index contributed by atoms with van der Waals surface area (Å²) in [6, 6.07) is 3.25. The van der Waals surface area contributed by atoms with Crippen molar-refractivity contribution in [3.05, 3.63) is 53.4 Å². The van der Waals surface area contributed by atoms with Crippen LogP contribution in [0.4, 0.5) is 8.78 Å². The highest BCUT2D eigenvalue weighted by Gasteiger charge is 2.15. The fourth-order valence-electron chi connectivity index (χ4n) is 1.74. The van der Waals surface area contributed by atoms with Crippen LogP contribution in [0, 0.1) is 11.6 Å². The molecular formula is C13H13F2N3O. The number of carbonyl (C=O) groups excluding carboxylic acids is 1. The van der Waals surface area contributed by atoms with E-state index in [0.29, 0.717) is 0 Å². The van der Waals surface area contributed by atoms with Gasteiger partial charge in [0.25, 0.3) is 0 Å². The van der Waals surface area contributed by atoms with E-state index in [4.69, 9.17) is 0 Å². The Hall–Kier alpha value is -2.24. The number of carbonyl (C=O) groups is 1. The van der Waals surface area contributed by atoms with E-state index in [1.165, 1.54) is 6.07 Å². The van der Waals surface area contributed by atoms with Gasteiger partial charge in [0.05, 0.1) is 18.7 Å². The quantitative estimate of drug-likeness (QED) is 0.889. The molecule has 0 fully saturated rings. The standard InChI is InChI=1S/C13H13F2N3O/c1-8(9-6-16-17-7-9)18-13(19)5-10-11(14)3-2-4-12(10)15/h2-4,6-8H,5H2,1H3,(H,16,17)(H,18,19). The maximum absolute atomic E-state index is 13.4. The minimum atomic E-state index is -0.717. The van der Waals surface area contributed by atoms with Crippen molar-refractivity contribution in [1.29, 1.82) is 0 Å². The highest BCUT2D eigenvalue weighted by Crippen LogP contribution is 2.14. The number of hydrogen-bond acceptors (Lipinski definition) is 2. The van der Waals surface area contributed by atoms with Gasteiger partial charge in [0.2, 0.25) is 5.91 Å². The average molecular weight is 265 g/mol. The van der Waals surface area contributed by atoms with Crippen LogP contribution in [0.1, 0.15) is 24.1 Å². The molecule has 4 nitrogen and oxygen atoms in total. The van der Waals surface area contributed by atoms with Crippen LogP contribution < -0.4 is 5.32 Å². The Morgan fingerprint density at radius 3 is 2.68 bits per heavy atom. The van der Waals surface area contributed by atoms with Crippen LogP contribution >= 0.6 is 0 Å². The molecule has 2 rings (SSSR count). The van der Waals surface area contributed by atoms with Crippen molar-refractivity contribution in [2.45, 2.75) is 19.4 Å². The fourth-order valence-corrected chi connectivity index (χ4v) is 1.74. The zero-order valence-electron chi connectivity index (χ0n) is 10.3. The largest absolute Gasteiger partial charge is 0.349 e. The molecule has 1 aromatic carbocycles. The van der Waals surface area contributed by atoms with Crippen molar-refractivity contribution in [2.24, 2.45) is 0 Å². The maximum atomic E-state index is 13.4. The summed E-state index contributed by atoms with van der Waals surface area (Å²) in [6.45, 7) is 1.76. The number of hydrogen-bond donors (Lipinski definition) is 2. The lowest BCUT2D eigenvalue weighted by Crippen LogP contribution is -2.28. The normalized spacial score (nSPS) is 12.2. The molecule has 1 unspecified atom stereocenters. The molecule has 0 radical (unpaired) electrons. The van der Waals surface area contributed by atoms with E-state index in [-0.39, 0.29) is 18.0 Å². The third-order valence-electron chi connectivity index (χ3n) is 2.80. The predicted molar refractivity (Wildman–Crippen MR) is 65.2 cm³/mol. The van der Waals surface area contributed by atoms with Crippen LogP contribution in [0.15, 0.2) is 30.6 Å². The molecule has 0 aliphatic carbocycles. The molecule has 100 valence electrons. The molecule has 1 amide bonds. The molecule has 0 saturated carbocycles. The number of nitrogens with zero attached hydrogens (tertiary/aromatic N) is 1. The van der Waals surface area contributed by atoms with Crippen molar-refractivity contribution in [3.63, 3.8) is 0 Å². The Labute approximate surface area is 108 Å². The van der Waals surface area contributed by atoms with E-state index in [0.717, 1.165) is 17.7 Å². The van der Waals surface area contributed by atoms with Crippen molar-refractivity contribution in [3.8, 4) is 0 Å². The number of nitrogens with one attached hydrogen (secondary N) is 2. The molecule has 2 aromatic rings. The second-order valence-corrected chi connectivity index (χ2v) is 4.20. The summed E-state index contributed by atoms with van der Waals surface area (Å²) in [7, 11) is 0. The number of H-pyrrole nitrogens is 1. The molecule has 6 heteroatoms. The van der Waals surface area contributed by atoms with Gasteiger partial charge in [-0.05, 0) is 19.1 Å². The van der Waals surface area contributed by atoms with Crippen LogP contribution in [-0.4, -0.2) is 16.1 Å². The lowest BCUT2D eigenvalue weighted by molar-refractivity contribution is -0.121. The lowest BCUT2D eigenvalue weighted by Gasteiger charge is -2.12. The Kier molecular flexibility index (Phi) is 3.89. The van der Waals surface area contributed by atoms with Gasteiger partial charge in [-0.3, -0.25) is 9.89 Å². The van der Waals surface area contributed by atoms with E-state index in [2.05, 4.69) is 15.5 Å². The van der Waals surface area contributed by atoms with Gasteiger partial charge in [-0.15, -0.1) is 0 Å². The zero-order valence-corrected chi connectivity index (χ0v) is 10.3. The van der Waals surface area contributed by atoms with E-state index >= 15 is 0 Å². The summed E-state index contributed by atoms with van der Waals surface area (Å²) in [4.78, 5) is 11.7. The predicted octanol–water partition coefficient (Wildman–Crippen LogP) is 2.11. The number of aromatic nitrogens is 2. The van der Waals surface area contributed by atoms with Crippen LogP contribution in [0.3, 0.4) is 0 Å². The van der Waals surface area contributed by atoms with Crippen LogP contribution in [0.5, 0.6) is 0 Å². The van der Waals surface area contributed by atoms with E-state index in [9.17, 15) is 13.6 Å². The minimum Gasteiger partial charge on any atom is -0.349 e. The van der Waals surface area contributed by atoms with Crippen LogP contribution in [0.2, 0.25) is 0 Å². The highest BCUT2D eigenvalue weighted by molar-refractivity contribution is 5.79. The van der Waals surface area contributed by atoms with E-state index < -0.39 is 17.5 Å². The minimum absolute atomic E-state index is 0.223. The van der Waals surface area contributed by atoms with Crippen molar-refractivity contribution >= 4 is 5.91 Å². The Bertz CT molecular complexity index is 549. The smallest absolute Gasteiger partial charge is 0.225 e. The van der Waals surface area contributed by atoms with Crippen LogP contribution in [0.25, 0.3) is 0 Å². The molecule has 0 aliphatic heterocycles. The number of amides is 1. The second-order valence-electron chi connectivity index (χ2n) is 4.20. The first-order chi connectivity index (χ1) is 9.08. The first-order valence-corrected chi connectivity index (χ1v) is 5.79. The summed E-state index contributed by atoms with van der Waals surface area (Å²) >= 11 is 0. The second kappa shape index (κ2) is 5.60. The molecule has 0 aliphatic rings. The summed E-state index contributed by atoms with van der Waals surface area (Å²) < 4.78 is 26.8. The fraction of sp³-hybridized carbons (Fsp3) is 0.231. The van der Waals surface area contributed by atoms with Crippen molar-refractivity contribution < 1.29 is 13.6 Å². The summed E-state index contributed by atoms with van der Waals surface area (Å²) in [6.07, 6.45) is 2.89. The summed E-state index contributed by atoms with van der Waals surface area (Å²) in [5.74, 6) is -1.88. The molecule has 1 atom stereocenters. The topological polar surface area (TPSA) is 57.8 Å². The van der Waals surface area contributed by atoms with Gasteiger partial charge in [0, 0.05) is 17.3 Å². The van der Waals surface area contributed by atoms with Gasteiger partial charge in [-0.25, -0.2) is 8.78 Å². The average Bonchev–Trinajstić information content (AvgIpc) is 2.88. The van der Waals surface area contributed by atoms with Gasteiger partial charge >= 0.3 is 0 Å². The lowest BCUT2D eigenvalue weighted by atomic mass is 10.1. The Balaban J connectivity index is 2.02. The zero-order chi connectivity index (χ0) is 13.8. The van der Waals surface area contributed by atoms with E-state index in [1.54, 1.807) is 19.3 Å². The molecule has 1 heterocycles. The molecule has 0 bridgehead atoms. The Morgan fingerprint density at radius 1 is 1.42 bits per heavy atom. The van der Waals surface area contributed by atoms with Gasteiger partial charge in [0.1, 0.15) is 11.6 Å². The Morgan fingerprint density at radius 2 is 2.11 bits per heavy atom. The third-order valence-corrected chi connectivity index (χ3v) is 2.80. The number of aromatic amines is 1. The molecule has 0 saturated heterocycles. The van der Waals surface area contributed by atoms with Crippen molar-refractivity contribution in [1.82, 2.24) is 15.5 Å². The molecule has 0 spiro atoms. The van der Waals surface area contributed by atoms with Crippen molar-refractivity contribution in [2.75, 3.05) is 0 Å². The molecule has 19 heavy (non-hydrogen) atoms. The van der Waals surface area contributed by atoms with Gasteiger partial charge in [0.15, 0.2) is 0 Å². The first-order valence-electron chi connectivity index (χ1n) is 5.79. The first kappa shape index (κ1) is 13.2. The third kappa shape index (κ3) is 3.15. The molecule has 2 N–H and O–H groups in total. The summed E-state index contributed by atoms with van der Waals surface area (Å²) in [5.41, 5.74) is 0.571. The summed E-state index contributed by atoms with van der Waals surface area (Å²) in [5, 5.41) is 9.05. The maximum Gasteiger partial charge on any atom is 0.225 e. The number of rotatable bonds is 4.